The van der Waals surface area contributed by atoms with Crippen LogP contribution in [-0.4, -0.2) is 31.0 Å². The fraction of sp³-hybridized carbons (Fsp3) is 0.200. The highest BCUT2D eigenvalue weighted by Crippen LogP contribution is 2.33. The van der Waals surface area contributed by atoms with E-state index in [9.17, 15) is 4.79 Å². The molecule has 0 aliphatic heterocycles. The van der Waals surface area contributed by atoms with Crippen molar-refractivity contribution in [3.05, 3.63) is 69.5 Å². The van der Waals surface area contributed by atoms with Gasteiger partial charge < -0.3 is 4.74 Å². The molecule has 0 saturated heterocycles. The molecule has 0 bridgehead atoms. The second-order valence-corrected chi connectivity index (χ2v) is 8.03. The lowest BCUT2D eigenvalue weighted by Crippen LogP contribution is -2.23. The standard InChI is InChI=1S/C20H19N5O2S2/c1-13-7-6-9-17(25-20(26)24(2)22-23-25)15(13)11-27-19-21-16(12-29-19)14-8-4-5-10-18(14)28-3/h4-10,12H,11H2,1-3H3. The Kier molecular flexibility index (Phi) is 5.50. The Morgan fingerprint density at radius 1 is 1.14 bits per heavy atom. The summed E-state index contributed by atoms with van der Waals surface area (Å²) < 4.78 is 8.47. The van der Waals surface area contributed by atoms with Crippen LogP contribution < -0.4 is 10.4 Å². The van der Waals surface area contributed by atoms with E-state index in [0.717, 1.165) is 22.4 Å². The molecule has 0 unspecified atom stereocenters. The summed E-state index contributed by atoms with van der Waals surface area (Å²) in [6.07, 6.45) is 2.05. The molecule has 0 saturated carbocycles. The SMILES string of the molecule is CSc1ccccc1-c1csc(OCc2c(C)cccc2-n2nnn(C)c2=O)n1. The van der Waals surface area contributed by atoms with Gasteiger partial charge in [0.25, 0.3) is 5.19 Å². The van der Waals surface area contributed by atoms with Crippen molar-refractivity contribution in [1.29, 1.82) is 0 Å². The maximum atomic E-state index is 12.3. The number of aromatic nitrogens is 5. The molecular formula is C20H19N5O2S2. The van der Waals surface area contributed by atoms with Gasteiger partial charge in [0, 0.05) is 28.5 Å². The summed E-state index contributed by atoms with van der Waals surface area (Å²) in [7, 11) is 1.57. The molecule has 0 amide bonds. The van der Waals surface area contributed by atoms with E-state index in [2.05, 4.69) is 33.8 Å². The minimum absolute atomic E-state index is 0.280. The van der Waals surface area contributed by atoms with Crippen LogP contribution >= 0.6 is 23.1 Å². The monoisotopic (exact) mass is 425 g/mol. The average molecular weight is 426 g/mol. The first kappa shape index (κ1) is 19.4. The minimum Gasteiger partial charge on any atom is -0.465 e. The third kappa shape index (κ3) is 3.83. The van der Waals surface area contributed by atoms with Crippen molar-refractivity contribution < 1.29 is 4.74 Å². The van der Waals surface area contributed by atoms with Crippen molar-refractivity contribution in [3.8, 4) is 22.1 Å². The highest BCUT2D eigenvalue weighted by atomic mass is 32.2. The highest BCUT2D eigenvalue weighted by Gasteiger charge is 2.15. The van der Waals surface area contributed by atoms with Crippen molar-refractivity contribution >= 4 is 23.1 Å². The lowest BCUT2D eigenvalue weighted by atomic mass is 10.1. The van der Waals surface area contributed by atoms with Gasteiger partial charge in [0.1, 0.15) is 6.61 Å². The van der Waals surface area contributed by atoms with E-state index in [-0.39, 0.29) is 12.3 Å². The Balaban J connectivity index is 1.60. The molecule has 0 atom stereocenters. The number of aryl methyl sites for hydroxylation is 2. The molecule has 29 heavy (non-hydrogen) atoms. The number of hydrogen-bond donors (Lipinski definition) is 0. The Morgan fingerprint density at radius 2 is 1.97 bits per heavy atom. The predicted molar refractivity (Wildman–Crippen MR) is 115 cm³/mol. The number of tetrazole rings is 1. The predicted octanol–water partition coefficient (Wildman–Crippen LogP) is 3.70. The van der Waals surface area contributed by atoms with Crippen molar-refractivity contribution in [2.75, 3.05) is 6.26 Å². The normalized spacial score (nSPS) is 11.0. The third-order valence-electron chi connectivity index (χ3n) is 4.54. The zero-order valence-corrected chi connectivity index (χ0v) is 17.8. The van der Waals surface area contributed by atoms with E-state index < -0.39 is 0 Å². The zero-order valence-electron chi connectivity index (χ0n) is 16.2. The molecule has 4 aromatic rings. The lowest BCUT2D eigenvalue weighted by molar-refractivity contribution is 0.303. The van der Waals surface area contributed by atoms with Gasteiger partial charge in [0.05, 0.1) is 11.4 Å². The minimum atomic E-state index is -0.304. The van der Waals surface area contributed by atoms with E-state index in [0.29, 0.717) is 10.9 Å². The van der Waals surface area contributed by atoms with Crippen molar-refractivity contribution in [2.45, 2.75) is 18.4 Å². The smallest absolute Gasteiger partial charge is 0.368 e. The molecule has 4 rings (SSSR count). The van der Waals surface area contributed by atoms with Gasteiger partial charge >= 0.3 is 5.69 Å². The lowest BCUT2D eigenvalue weighted by Gasteiger charge is -2.11. The van der Waals surface area contributed by atoms with E-state index >= 15 is 0 Å². The van der Waals surface area contributed by atoms with Gasteiger partial charge in [-0.25, -0.2) is 9.78 Å². The Hall–Kier alpha value is -2.91. The highest BCUT2D eigenvalue weighted by molar-refractivity contribution is 7.98. The summed E-state index contributed by atoms with van der Waals surface area (Å²) in [4.78, 5) is 18.1. The van der Waals surface area contributed by atoms with Crippen LogP contribution in [0.25, 0.3) is 16.9 Å². The van der Waals surface area contributed by atoms with Crippen LogP contribution in [0.15, 0.2) is 57.5 Å². The number of rotatable bonds is 6. The van der Waals surface area contributed by atoms with E-state index in [4.69, 9.17) is 4.74 Å². The number of hydrogen-bond acceptors (Lipinski definition) is 7. The largest absolute Gasteiger partial charge is 0.465 e. The Morgan fingerprint density at radius 3 is 2.72 bits per heavy atom. The molecule has 2 heterocycles. The molecular weight excluding hydrogens is 406 g/mol. The van der Waals surface area contributed by atoms with Crippen molar-refractivity contribution in [1.82, 2.24) is 24.8 Å². The Labute approximate surface area is 176 Å². The van der Waals surface area contributed by atoms with Crippen LogP contribution in [0.4, 0.5) is 0 Å². The first-order valence-electron chi connectivity index (χ1n) is 8.88. The molecule has 0 aliphatic carbocycles. The topological polar surface area (TPSA) is 74.8 Å². The second-order valence-electron chi connectivity index (χ2n) is 6.36. The molecule has 7 nitrogen and oxygen atoms in total. The van der Waals surface area contributed by atoms with Crippen molar-refractivity contribution in [3.63, 3.8) is 0 Å². The fourth-order valence-electron chi connectivity index (χ4n) is 2.98. The molecule has 0 spiro atoms. The number of thiazole rings is 1. The van der Waals surface area contributed by atoms with Gasteiger partial charge in [-0.1, -0.05) is 41.7 Å². The van der Waals surface area contributed by atoms with Crippen LogP contribution in [0.1, 0.15) is 11.1 Å². The molecule has 2 aromatic carbocycles. The summed E-state index contributed by atoms with van der Waals surface area (Å²) >= 11 is 3.15. The van der Waals surface area contributed by atoms with Crippen LogP contribution in [-0.2, 0) is 13.7 Å². The maximum absolute atomic E-state index is 12.3. The van der Waals surface area contributed by atoms with Gasteiger partial charge in [-0.15, -0.1) is 11.8 Å². The summed E-state index contributed by atoms with van der Waals surface area (Å²) in [5.41, 5.74) is 4.22. The Bertz CT molecular complexity index is 1210. The maximum Gasteiger partial charge on any atom is 0.368 e. The average Bonchev–Trinajstić information content (AvgIpc) is 3.34. The zero-order chi connectivity index (χ0) is 20.4. The molecule has 0 aliphatic rings. The van der Waals surface area contributed by atoms with Crippen LogP contribution in [0.3, 0.4) is 0 Å². The summed E-state index contributed by atoms with van der Waals surface area (Å²) in [5.74, 6) is 0. The quantitative estimate of drug-likeness (QED) is 0.439. The van der Waals surface area contributed by atoms with Gasteiger partial charge in [-0.05, 0) is 41.3 Å². The summed E-state index contributed by atoms with van der Waals surface area (Å²) in [5, 5.41) is 10.3. The van der Waals surface area contributed by atoms with Crippen molar-refractivity contribution in [2.24, 2.45) is 7.05 Å². The molecule has 0 radical (unpaired) electrons. The molecule has 2 aromatic heterocycles. The molecule has 9 heteroatoms. The van der Waals surface area contributed by atoms with Crippen LogP contribution in [0.5, 0.6) is 5.19 Å². The van der Waals surface area contributed by atoms with E-state index in [1.54, 1.807) is 18.8 Å². The number of ether oxygens (including phenoxy) is 1. The first-order chi connectivity index (χ1) is 14.1. The van der Waals surface area contributed by atoms with Gasteiger partial charge in [0.2, 0.25) is 0 Å². The number of benzene rings is 2. The number of nitrogens with zero attached hydrogens (tertiary/aromatic N) is 5. The van der Waals surface area contributed by atoms with Gasteiger partial charge in [0.15, 0.2) is 0 Å². The van der Waals surface area contributed by atoms with Gasteiger partial charge in [-0.2, -0.15) is 9.36 Å². The van der Waals surface area contributed by atoms with Crippen LogP contribution in [0.2, 0.25) is 0 Å². The first-order valence-corrected chi connectivity index (χ1v) is 11.0. The fourth-order valence-corrected chi connectivity index (χ4v) is 4.25. The van der Waals surface area contributed by atoms with E-state index in [1.807, 2.05) is 42.6 Å². The summed E-state index contributed by atoms with van der Waals surface area (Å²) in [6, 6.07) is 13.9. The molecule has 0 N–H and O–H groups in total. The van der Waals surface area contributed by atoms with Gasteiger partial charge in [-0.3, -0.25) is 0 Å². The number of thioether (sulfide) groups is 1. The molecule has 0 fully saturated rings. The molecule has 148 valence electrons. The third-order valence-corrected chi connectivity index (χ3v) is 6.09. The second kappa shape index (κ2) is 8.22. The van der Waals surface area contributed by atoms with Crippen LogP contribution in [0, 0.1) is 6.92 Å². The van der Waals surface area contributed by atoms with E-state index in [1.165, 1.54) is 25.6 Å². The summed E-state index contributed by atoms with van der Waals surface area (Å²) in [6.45, 7) is 2.26.